The molecule has 0 saturated heterocycles. The number of isothiocyanates is 1. The molecule has 0 unspecified atom stereocenters. The van der Waals surface area contributed by atoms with Gasteiger partial charge in [0.05, 0.1) is 11.2 Å². The van der Waals surface area contributed by atoms with Crippen molar-refractivity contribution in [3.63, 3.8) is 0 Å². The lowest BCUT2D eigenvalue weighted by molar-refractivity contribution is -0.149. The molecular formula is C24H33NO3S. The van der Waals surface area contributed by atoms with E-state index in [0.717, 1.165) is 38.5 Å². The topological polar surface area (TPSA) is 55.7 Å². The number of thiocarbonyl (C=S) groups is 1. The first-order valence-corrected chi connectivity index (χ1v) is 11.6. The number of esters is 1. The van der Waals surface area contributed by atoms with Gasteiger partial charge in [-0.05, 0) is 86.3 Å². The number of ketones is 1. The Morgan fingerprint density at radius 1 is 1.21 bits per heavy atom. The number of Topliss-reactive ketones (excluding diaryl/α,β-unsaturated/α-hetero) is 1. The summed E-state index contributed by atoms with van der Waals surface area (Å²) in [6, 6.07) is -0.00312. The molecule has 3 saturated carbocycles. The minimum atomic E-state index is -0.173. The molecule has 8 atom stereocenters. The molecule has 0 aromatic rings. The zero-order valence-electron chi connectivity index (χ0n) is 18.1. The van der Waals surface area contributed by atoms with Gasteiger partial charge in [0, 0.05) is 19.3 Å². The molecule has 0 aromatic carbocycles. The molecular weight excluding hydrogens is 382 g/mol. The fourth-order valence-corrected chi connectivity index (χ4v) is 8.04. The maximum absolute atomic E-state index is 12.6. The second kappa shape index (κ2) is 7.42. The lowest BCUT2D eigenvalue weighted by atomic mass is 9.47. The molecule has 0 radical (unpaired) electrons. The van der Waals surface area contributed by atoms with Gasteiger partial charge in [-0.15, -0.1) is 0 Å². The van der Waals surface area contributed by atoms with Gasteiger partial charge in [0.15, 0.2) is 0 Å². The van der Waals surface area contributed by atoms with Crippen molar-refractivity contribution >= 4 is 29.1 Å². The zero-order valence-corrected chi connectivity index (χ0v) is 18.9. The van der Waals surface area contributed by atoms with Crippen molar-refractivity contribution in [1.29, 1.82) is 0 Å². The number of fused-ring (bicyclic) bond motifs is 5. The molecule has 0 amide bonds. The average molecular weight is 416 g/mol. The highest BCUT2D eigenvalue weighted by molar-refractivity contribution is 7.78. The summed E-state index contributed by atoms with van der Waals surface area (Å²) in [5, 5.41) is 2.57. The van der Waals surface area contributed by atoms with Gasteiger partial charge in [-0.25, -0.2) is 4.99 Å². The summed E-state index contributed by atoms with van der Waals surface area (Å²) in [6.45, 7) is 8.00. The number of hydrogen-bond donors (Lipinski definition) is 0. The van der Waals surface area contributed by atoms with Crippen LogP contribution in [0.2, 0.25) is 0 Å². The molecule has 158 valence electrons. The first-order valence-electron chi connectivity index (χ1n) is 11.1. The third kappa shape index (κ3) is 3.25. The van der Waals surface area contributed by atoms with Crippen LogP contribution in [0.15, 0.2) is 16.6 Å². The Bertz CT molecular complexity index is 800. The molecule has 0 spiro atoms. The summed E-state index contributed by atoms with van der Waals surface area (Å²) in [7, 11) is 0. The van der Waals surface area contributed by atoms with Gasteiger partial charge < -0.3 is 4.74 Å². The van der Waals surface area contributed by atoms with Gasteiger partial charge in [0.2, 0.25) is 0 Å². The lowest BCUT2D eigenvalue weighted by Crippen LogP contribution is -2.51. The number of carbonyl (C=O) groups is 2. The molecule has 0 heterocycles. The summed E-state index contributed by atoms with van der Waals surface area (Å²) in [6.07, 6.45) is 9.68. The van der Waals surface area contributed by atoms with Crippen LogP contribution in [0.5, 0.6) is 0 Å². The van der Waals surface area contributed by atoms with Gasteiger partial charge >= 0.3 is 5.97 Å². The molecule has 0 bridgehead atoms. The van der Waals surface area contributed by atoms with Crippen LogP contribution >= 0.6 is 12.2 Å². The zero-order chi connectivity index (χ0) is 21.0. The smallest absolute Gasteiger partial charge is 0.302 e. The van der Waals surface area contributed by atoms with E-state index in [1.165, 1.54) is 18.9 Å². The number of ether oxygens (including phenoxy) is 1. The molecule has 3 fully saturated rings. The van der Waals surface area contributed by atoms with Crippen molar-refractivity contribution in [1.82, 2.24) is 0 Å². The standard InChI is InChI=1S/C24H33NO3S/c1-14(26)22-21(25-13-29)12-20-18-6-5-16-11-17(28-15(2)27)7-9-23(16,3)19(18)8-10-24(20,22)4/h5,17-22H,6-12H2,1-4H3/t17-,18-,19+,20-,21+,22-,23-,24-/m0/s1. The number of carbonyl (C=O) groups excluding carboxylic acids is 2. The third-order valence-electron chi connectivity index (χ3n) is 9.08. The summed E-state index contributed by atoms with van der Waals surface area (Å²) in [5.74, 6) is 1.80. The monoisotopic (exact) mass is 415 g/mol. The second-order valence-corrected chi connectivity index (χ2v) is 10.6. The van der Waals surface area contributed by atoms with E-state index in [1.54, 1.807) is 6.92 Å². The van der Waals surface area contributed by atoms with E-state index in [4.69, 9.17) is 17.0 Å². The number of nitrogens with zero attached hydrogens (tertiary/aromatic N) is 1. The van der Waals surface area contributed by atoms with Crippen molar-refractivity contribution < 1.29 is 14.3 Å². The van der Waals surface area contributed by atoms with E-state index in [0.29, 0.717) is 17.8 Å². The maximum atomic E-state index is 12.6. The van der Waals surface area contributed by atoms with Crippen LogP contribution in [0.25, 0.3) is 0 Å². The minimum Gasteiger partial charge on any atom is -0.462 e. The highest BCUT2D eigenvalue weighted by atomic mass is 32.1. The van der Waals surface area contributed by atoms with Gasteiger partial charge in [0.1, 0.15) is 11.9 Å². The number of hydrogen-bond acceptors (Lipinski definition) is 5. The van der Waals surface area contributed by atoms with E-state index < -0.39 is 0 Å². The van der Waals surface area contributed by atoms with Crippen molar-refractivity contribution in [3.8, 4) is 0 Å². The Morgan fingerprint density at radius 3 is 2.62 bits per heavy atom. The predicted octanol–water partition coefficient (Wildman–Crippen LogP) is 5.17. The van der Waals surface area contributed by atoms with Crippen molar-refractivity contribution in [2.45, 2.75) is 84.8 Å². The average Bonchev–Trinajstić information content (AvgIpc) is 2.94. The van der Waals surface area contributed by atoms with Crippen LogP contribution in [-0.2, 0) is 14.3 Å². The van der Waals surface area contributed by atoms with Gasteiger partial charge in [-0.2, -0.15) is 0 Å². The Labute approximate surface area is 179 Å². The first kappa shape index (κ1) is 20.9. The van der Waals surface area contributed by atoms with Gasteiger partial charge in [-0.3, -0.25) is 9.59 Å². The van der Waals surface area contributed by atoms with Crippen LogP contribution < -0.4 is 0 Å². The van der Waals surface area contributed by atoms with Crippen LogP contribution in [0.1, 0.15) is 72.6 Å². The van der Waals surface area contributed by atoms with E-state index in [-0.39, 0.29) is 40.6 Å². The predicted molar refractivity (Wildman–Crippen MR) is 116 cm³/mol. The van der Waals surface area contributed by atoms with Crippen LogP contribution in [0.3, 0.4) is 0 Å². The van der Waals surface area contributed by atoms with Crippen LogP contribution in [0.4, 0.5) is 0 Å². The van der Waals surface area contributed by atoms with E-state index in [1.807, 2.05) is 0 Å². The highest BCUT2D eigenvalue weighted by Gasteiger charge is 2.62. The van der Waals surface area contributed by atoms with E-state index in [2.05, 4.69) is 30.1 Å². The van der Waals surface area contributed by atoms with Crippen molar-refractivity contribution in [2.24, 2.45) is 39.5 Å². The molecule has 0 N–H and O–H groups in total. The number of rotatable bonds is 3. The van der Waals surface area contributed by atoms with E-state index in [9.17, 15) is 9.59 Å². The summed E-state index contributed by atoms with van der Waals surface area (Å²) < 4.78 is 5.54. The summed E-state index contributed by atoms with van der Waals surface area (Å²) in [5.41, 5.74) is 1.71. The molecule has 0 aromatic heterocycles. The fourth-order valence-electron chi connectivity index (χ4n) is 7.91. The molecule has 0 aliphatic heterocycles. The van der Waals surface area contributed by atoms with Gasteiger partial charge in [0.25, 0.3) is 0 Å². The SMILES string of the molecule is CC(=O)O[C@H]1CC[C@@]2(C)C(=CC[C@H]3[C@H]2CC[C@@]2(C)[C@H]3C[C@@H](N=C=S)[C@@H]2C(C)=O)C1. The maximum Gasteiger partial charge on any atom is 0.302 e. The quantitative estimate of drug-likeness (QED) is 0.276. The largest absolute Gasteiger partial charge is 0.462 e. The molecule has 4 nitrogen and oxygen atoms in total. The summed E-state index contributed by atoms with van der Waals surface area (Å²) in [4.78, 5) is 28.5. The fraction of sp³-hybridized carbons (Fsp3) is 0.792. The number of allylic oxidation sites excluding steroid dienone is 1. The Morgan fingerprint density at radius 2 is 1.97 bits per heavy atom. The van der Waals surface area contributed by atoms with E-state index >= 15 is 0 Å². The van der Waals surface area contributed by atoms with Gasteiger partial charge in [-0.1, -0.05) is 25.5 Å². The highest BCUT2D eigenvalue weighted by Crippen LogP contribution is 2.66. The van der Waals surface area contributed by atoms with Crippen molar-refractivity contribution in [3.05, 3.63) is 11.6 Å². The Hall–Kier alpha value is -1.32. The molecule has 4 aliphatic carbocycles. The molecule has 29 heavy (non-hydrogen) atoms. The second-order valence-electron chi connectivity index (χ2n) is 10.4. The lowest BCUT2D eigenvalue weighted by Gasteiger charge is -2.57. The molecule has 5 heteroatoms. The summed E-state index contributed by atoms with van der Waals surface area (Å²) >= 11 is 4.91. The Kier molecular flexibility index (Phi) is 5.36. The minimum absolute atomic E-state index is 0.00312. The normalized spacial score (nSPS) is 45.7. The van der Waals surface area contributed by atoms with Crippen molar-refractivity contribution in [2.75, 3.05) is 0 Å². The van der Waals surface area contributed by atoms with Crippen LogP contribution in [0, 0.1) is 34.5 Å². The Balaban J connectivity index is 1.63. The first-order chi connectivity index (χ1) is 13.7. The van der Waals surface area contributed by atoms with Crippen LogP contribution in [-0.4, -0.2) is 29.1 Å². The third-order valence-corrected chi connectivity index (χ3v) is 9.18. The molecule has 4 rings (SSSR count). The number of aliphatic imine (C=N–C) groups is 1. The molecule has 4 aliphatic rings.